The van der Waals surface area contributed by atoms with E-state index in [4.69, 9.17) is 5.73 Å². The monoisotopic (exact) mass is 222 g/mol. The van der Waals surface area contributed by atoms with Gasteiger partial charge in [0.15, 0.2) is 5.65 Å². The zero-order chi connectivity index (χ0) is 11.7. The largest absolute Gasteiger partial charge is 0.364 e. The highest BCUT2D eigenvalue weighted by molar-refractivity contribution is 5.45. The maximum Gasteiger partial charge on any atom is 0.364 e. The second-order valence-corrected chi connectivity index (χ2v) is 3.69. The molecule has 0 aliphatic rings. The predicted molar refractivity (Wildman–Crippen MR) is 60.5 cm³/mol. The number of hydrogen-bond acceptors (Lipinski definition) is 5. The zero-order valence-electron chi connectivity index (χ0n) is 9.21. The lowest BCUT2D eigenvalue weighted by Crippen LogP contribution is -2.36. The fraction of sp³-hybridized carbons (Fsp3) is 0.444. The molecule has 0 saturated heterocycles. The number of aromatic amines is 1. The maximum absolute atomic E-state index is 11.3. The Morgan fingerprint density at radius 1 is 1.62 bits per heavy atom. The average molecular weight is 222 g/mol. The number of nitrogens with zero attached hydrogens (tertiary/aromatic N) is 4. The Kier molecular flexibility index (Phi) is 2.61. The smallest absolute Gasteiger partial charge is 0.354 e. The Morgan fingerprint density at radius 3 is 3.06 bits per heavy atom. The van der Waals surface area contributed by atoms with Crippen LogP contribution in [0.5, 0.6) is 0 Å². The highest BCUT2D eigenvalue weighted by atomic mass is 16.2. The van der Waals surface area contributed by atoms with Crippen LogP contribution in [0.1, 0.15) is 6.92 Å². The Morgan fingerprint density at radius 2 is 2.38 bits per heavy atom. The van der Waals surface area contributed by atoms with Gasteiger partial charge >= 0.3 is 5.69 Å². The number of nitrogens with two attached hydrogens (primary N) is 1. The van der Waals surface area contributed by atoms with E-state index in [0.717, 1.165) is 0 Å². The molecule has 2 aromatic heterocycles. The Bertz CT molecular complexity index is 544. The van der Waals surface area contributed by atoms with Crippen LogP contribution in [-0.4, -0.2) is 39.4 Å². The van der Waals surface area contributed by atoms with Gasteiger partial charge in [-0.25, -0.2) is 9.89 Å². The van der Waals surface area contributed by atoms with Gasteiger partial charge in [-0.3, -0.25) is 0 Å². The Hall–Kier alpha value is -1.89. The number of aromatic nitrogens is 4. The molecule has 2 aromatic rings. The molecule has 2 rings (SSSR count). The number of nitrogens with one attached hydrogen (secondary N) is 1. The Labute approximate surface area is 91.9 Å². The molecule has 1 atom stereocenters. The highest BCUT2D eigenvalue weighted by Gasteiger charge is 2.11. The molecule has 0 aliphatic carbocycles. The summed E-state index contributed by atoms with van der Waals surface area (Å²) in [5.74, 6) is 0.689. The van der Waals surface area contributed by atoms with E-state index in [1.165, 1.54) is 4.52 Å². The van der Waals surface area contributed by atoms with Crippen molar-refractivity contribution < 1.29 is 0 Å². The van der Waals surface area contributed by atoms with Gasteiger partial charge in [0.2, 0.25) is 0 Å². The molecular formula is C9H14N6O. The first-order valence-electron chi connectivity index (χ1n) is 5.01. The molecule has 0 bridgehead atoms. The summed E-state index contributed by atoms with van der Waals surface area (Å²) in [5.41, 5.74) is 5.74. The van der Waals surface area contributed by atoms with E-state index in [-0.39, 0.29) is 11.7 Å². The van der Waals surface area contributed by atoms with Crippen molar-refractivity contribution >= 4 is 11.5 Å². The summed E-state index contributed by atoms with van der Waals surface area (Å²) < 4.78 is 1.23. The summed E-state index contributed by atoms with van der Waals surface area (Å²) in [5, 5.41) is 10.3. The SMILES string of the molecule is CC(CN)N(C)c1ccc2n[nH]c(=O)n2n1. The van der Waals surface area contributed by atoms with Crippen LogP contribution < -0.4 is 16.3 Å². The van der Waals surface area contributed by atoms with E-state index in [9.17, 15) is 4.79 Å². The van der Waals surface area contributed by atoms with E-state index in [1.54, 1.807) is 6.07 Å². The molecule has 7 heteroatoms. The molecule has 3 N–H and O–H groups in total. The van der Waals surface area contributed by atoms with E-state index in [1.807, 2.05) is 24.9 Å². The minimum absolute atomic E-state index is 0.160. The quantitative estimate of drug-likeness (QED) is 0.709. The van der Waals surface area contributed by atoms with Crippen molar-refractivity contribution in [3.8, 4) is 0 Å². The third kappa shape index (κ3) is 1.65. The molecule has 0 fully saturated rings. The highest BCUT2D eigenvalue weighted by Crippen LogP contribution is 2.10. The fourth-order valence-electron chi connectivity index (χ4n) is 1.37. The molecule has 0 aromatic carbocycles. The van der Waals surface area contributed by atoms with E-state index < -0.39 is 0 Å². The third-order valence-electron chi connectivity index (χ3n) is 2.62. The van der Waals surface area contributed by atoms with Crippen molar-refractivity contribution in [2.45, 2.75) is 13.0 Å². The lowest BCUT2D eigenvalue weighted by molar-refractivity contribution is 0.677. The van der Waals surface area contributed by atoms with Gasteiger partial charge in [0, 0.05) is 19.6 Å². The summed E-state index contributed by atoms with van der Waals surface area (Å²) in [4.78, 5) is 13.2. The fourth-order valence-corrected chi connectivity index (χ4v) is 1.37. The molecule has 86 valence electrons. The number of rotatable bonds is 3. The summed E-state index contributed by atoms with van der Waals surface area (Å²) in [6.07, 6.45) is 0. The van der Waals surface area contributed by atoms with Crippen LogP contribution in [0.15, 0.2) is 16.9 Å². The van der Waals surface area contributed by atoms with Gasteiger partial charge in [-0.2, -0.15) is 9.61 Å². The molecule has 7 nitrogen and oxygen atoms in total. The number of hydrogen-bond donors (Lipinski definition) is 2. The molecule has 0 aliphatic heterocycles. The van der Waals surface area contributed by atoms with Crippen molar-refractivity contribution in [1.29, 1.82) is 0 Å². The van der Waals surface area contributed by atoms with Gasteiger partial charge in [-0.1, -0.05) is 0 Å². The normalized spacial score (nSPS) is 12.9. The molecule has 2 heterocycles. The van der Waals surface area contributed by atoms with E-state index in [2.05, 4.69) is 15.3 Å². The van der Waals surface area contributed by atoms with Crippen molar-refractivity contribution in [2.24, 2.45) is 5.73 Å². The molecule has 0 spiro atoms. The predicted octanol–water partition coefficient (Wildman–Crippen LogP) is -0.799. The standard InChI is InChI=1S/C9H14N6O/c1-6(5-10)14(2)8-4-3-7-11-12-9(16)15(7)13-8/h3-4,6H,5,10H2,1-2H3,(H,12,16). The number of anilines is 1. The summed E-state index contributed by atoms with van der Waals surface area (Å²) in [6.45, 7) is 2.51. The van der Waals surface area contributed by atoms with E-state index in [0.29, 0.717) is 18.0 Å². The lowest BCUT2D eigenvalue weighted by Gasteiger charge is -2.24. The van der Waals surface area contributed by atoms with Crippen LogP contribution in [0.3, 0.4) is 0 Å². The third-order valence-corrected chi connectivity index (χ3v) is 2.62. The molecule has 0 saturated carbocycles. The summed E-state index contributed by atoms with van der Waals surface area (Å²) in [7, 11) is 1.89. The van der Waals surface area contributed by atoms with Crippen LogP contribution in [0, 0.1) is 0 Å². The molecular weight excluding hydrogens is 208 g/mol. The second kappa shape index (κ2) is 3.93. The first kappa shape index (κ1) is 10.6. The van der Waals surface area contributed by atoms with Gasteiger partial charge in [-0.15, -0.1) is 5.10 Å². The van der Waals surface area contributed by atoms with E-state index >= 15 is 0 Å². The van der Waals surface area contributed by atoms with Crippen LogP contribution in [0.2, 0.25) is 0 Å². The van der Waals surface area contributed by atoms with Crippen molar-refractivity contribution in [1.82, 2.24) is 19.8 Å². The van der Waals surface area contributed by atoms with Crippen molar-refractivity contribution in [2.75, 3.05) is 18.5 Å². The molecule has 0 amide bonds. The number of H-pyrrole nitrogens is 1. The molecule has 16 heavy (non-hydrogen) atoms. The van der Waals surface area contributed by atoms with Gasteiger partial charge in [0.25, 0.3) is 0 Å². The van der Waals surface area contributed by atoms with Crippen LogP contribution in [-0.2, 0) is 0 Å². The van der Waals surface area contributed by atoms with Crippen molar-refractivity contribution in [3.05, 3.63) is 22.6 Å². The number of fused-ring (bicyclic) bond motifs is 1. The van der Waals surface area contributed by atoms with Gasteiger partial charge < -0.3 is 10.6 Å². The lowest BCUT2D eigenvalue weighted by atomic mass is 10.3. The molecule has 0 radical (unpaired) electrons. The summed E-state index contributed by atoms with van der Waals surface area (Å²) >= 11 is 0. The second-order valence-electron chi connectivity index (χ2n) is 3.69. The van der Waals surface area contributed by atoms with Gasteiger partial charge in [0.05, 0.1) is 0 Å². The van der Waals surface area contributed by atoms with Gasteiger partial charge in [0.1, 0.15) is 5.82 Å². The molecule has 1 unspecified atom stereocenters. The Balaban J connectivity index is 2.46. The van der Waals surface area contributed by atoms with Crippen LogP contribution >= 0.6 is 0 Å². The summed E-state index contributed by atoms with van der Waals surface area (Å²) in [6, 6.07) is 3.70. The van der Waals surface area contributed by atoms with Crippen LogP contribution in [0.4, 0.5) is 5.82 Å². The number of likely N-dealkylation sites (N-methyl/N-ethyl adjacent to an activating group) is 1. The first-order chi connectivity index (χ1) is 7.63. The van der Waals surface area contributed by atoms with Gasteiger partial charge in [-0.05, 0) is 19.1 Å². The topological polar surface area (TPSA) is 92.3 Å². The first-order valence-corrected chi connectivity index (χ1v) is 5.01. The van der Waals surface area contributed by atoms with Crippen LogP contribution in [0.25, 0.3) is 5.65 Å². The minimum Gasteiger partial charge on any atom is -0.354 e. The maximum atomic E-state index is 11.3. The van der Waals surface area contributed by atoms with Crippen molar-refractivity contribution in [3.63, 3.8) is 0 Å². The average Bonchev–Trinajstić information content (AvgIpc) is 2.68. The zero-order valence-corrected chi connectivity index (χ0v) is 9.21. The minimum atomic E-state index is -0.342.